The monoisotopic (exact) mass is 284 g/mol. The number of benzene rings is 1. The third kappa shape index (κ3) is 3.47. The Labute approximate surface area is 114 Å². The van der Waals surface area contributed by atoms with Crippen molar-refractivity contribution in [2.24, 2.45) is 0 Å². The van der Waals surface area contributed by atoms with Crippen LogP contribution in [0.2, 0.25) is 0 Å². The second kappa shape index (κ2) is 5.61. The predicted octanol–water partition coefficient (Wildman–Crippen LogP) is 1.20. The lowest BCUT2D eigenvalue weighted by atomic mass is 10.1. The minimum Gasteiger partial charge on any atom is -0.357 e. The third-order valence-electron chi connectivity index (χ3n) is 3.08. The number of sulfonamides is 1. The molecule has 0 radical (unpaired) electrons. The zero-order valence-electron chi connectivity index (χ0n) is 11.9. The molecule has 0 spiro atoms. The number of nitrogens with zero attached hydrogens (tertiary/aromatic N) is 1. The highest BCUT2D eigenvalue weighted by Gasteiger charge is 2.28. The van der Waals surface area contributed by atoms with Gasteiger partial charge >= 0.3 is 0 Å². The molecule has 1 atom stereocenters. The zero-order valence-corrected chi connectivity index (χ0v) is 12.7. The maximum absolute atomic E-state index is 11.9. The highest BCUT2D eigenvalue weighted by molar-refractivity contribution is 7.92. The summed E-state index contributed by atoms with van der Waals surface area (Å²) in [6.45, 7) is 5.42. The van der Waals surface area contributed by atoms with E-state index in [9.17, 15) is 13.2 Å². The Morgan fingerprint density at radius 1 is 1.26 bits per heavy atom. The highest BCUT2D eigenvalue weighted by Crippen LogP contribution is 2.23. The molecule has 5 nitrogen and oxygen atoms in total. The van der Waals surface area contributed by atoms with Crippen molar-refractivity contribution in [3.63, 3.8) is 0 Å². The molecule has 0 aliphatic heterocycles. The second-order valence-electron chi connectivity index (χ2n) is 4.62. The lowest BCUT2D eigenvalue weighted by Gasteiger charge is -2.28. The number of likely N-dealkylation sites (N-methyl/N-ethyl adjacent to an activating group) is 1. The molecular formula is C13H20N2O3S. The van der Waals surface area contributed by atoms with E-state index < -0.39 is 16.1 Å². The van der Waals surface area contributed by atoms with Gasteiger partial charge in [0.1, 0.15) is 6.04 Å². The minimum absolute atomic E-state index is 0.344. The van der Waals surface area contributed by atoms with Crippen LogP contribution >= 0.6 is 0 Å². The van der Waals surface area contributed by atoms with E-state index in [1.807, 2.05) is 19.9 Å². The number of rotatable bonds is 4. The lowest BCUT2D eigenvalue weighted by Crippen LogP contribution is -2.47. The zero-order chi connectivity index (χ0) is 14.8. The predicted molar refractivity (Wildman–Crippen MR) is 76.8 cm³/mol. The van der Waals surface area contributed by atoms with Crippen molar-refractivity contribution in [1.29, 1.82) is 0 Å². The van der Waals surface area contributed by atoms with Crippen LogP contribution in [0.15, 0.2) is 18.2 Å². The lowest BCUT2D eigenvalue weighted by molar-refractivity contribution is -0.121. The number of nitrogens with one attached hydrogen (secondary N) is 1. The smallest absolute Gasteiger partial charge is 0.243 e. The molecule has 1 N–H and O–H groups in total. The van der Waals surface area contributed by atoms with E-state index in [0.717, 1.165) is 21.7 Å². The first-order valence-corrected chi connectivity index (χ1v) is 7.81. The van der Waals surface area contributed by atoms with Gasteiger partial charge in [-0.2, -0.15) is 0 Å². The standard InChI is InChI=1S/C13H20N2O3S/c1-9-6-7-12(8-10(9)2)15(19(5,17)18)11(3)13(16)14-4/h6-8,11H,1-5H3,(H,14,16)/t11-/m0/s1. The first-order valence-electron chi connectivity index (χ1n) is 5.96. The minimum atomic E-state index is -3.53. The Hall–Kier alpha value is -1.56. The van der Waals surface area contributed by atoms with Gasteiger partial charge < -0.3 is 5.32 Å². The van der Waals surface area contributed by atoms with Crippen molar-refractivity contribution < 1.29 is 13.2 Å². The Bertz CT molecular complexity index is 582. The molecule has 1 rings (SSSR count). The van der Waals surface area contributed by atoms with E-state index in [4.69, 9.17) is 0 Å². The Balaban J connectivity index is 3.33. The van der Waals surface area contributed by atoms with Crippen LogP contribution in [0, 0.1) is 13.8 Å². The molecule has 0 saturated heterocycles. The number of amides is 1. The second-order valence-corrected chi connectivity index (χ2v) is 6.48. The summed E-state index contributed by atoms with van der Waals surface area (Å²) in [5, 5.41) is 2.47. The fourth-order valence-corrected chi connectivity index (χ4v) is 3.05. The fourth-order valence-electron chi connectivity index (χ4n) is 1.88. The summed E-state index contributed by atoms with van der Waals surface area (Å²) in [6, 6.07) is 4.54. The SMILES string of the molecule is CNC(=O)[C@H](C)N(c1ccc(C)c(C)c1)S(C)(=O)=O. The van der Waals surface area contributed by atoms with Crippen molar-refractivity contribution in [1.82, 2.24) is 5.32 Å². The number of hydrogen-bond donors (Lipinski definition) is 1. The van der Waals surface area contributed by atoms with Crippen LogP contribution in [-0.2, 0) is 14.8 Å². The molecule has 0 aromatic heterocycles. The van der Waals surface area contributed by atoms with Gasteiger partial charge in [-0.1, -0.05) is 6.07 Å². The number of carbonyl (C=O) groups is 1. The van der Waals surface area contributed by atoms with Crippen LogP contribution in [0.5, 0.6) is 0 Å². The molecule has 0 bridgehead atoms. The number of aryl methyl sites for hydroxylation is 2. The van der Waals surface area contributed by atoms with Gasteiger partial charge in [0.25, 0.3) is 0 Å². The average molecular weight is 284 g/mol. The van der Waals surface area contributed by atoms with Gasteiger partial charge in [0.15, 0.2) is 0 Å². The molecule has 1 amide bonds. The third-order valence-corrected chi connectivity index (χ3v) is 4.32. The maximum atomic E-state index is 11.9. The van der Waals surface area contributed by atoms with Crippen LogP contribution in [0.3, 0.4) is 0 Å². The van der Waals surface area contributed by atoms with Crippen molar-refractivity contribution >= 4 is 21.6 Å². The van der Waals surface area contributed by atoms with Crippen LogP contribution in [0.4, 0.5) is 5.69 Å². The molecule has 6 heteroatoms. The van der Waals surface area contributed by atoms with Crippen LogP contribution < -0.4 is 9.62 Å². The van der Waals surface area contributed by atoms with Crippen molar-refractivity contribution in [2.75, 3.05) is 17.6 Å². The molecule has 0 aliphatic rings. The molecule has 106 valence electrons. The number of carbonyl (C=O) groups excluding carboxylic acids is 1. The van der Waals surface area contributed by atoms with Gasteiger partial charge in [0.2, 0.25) is 15.9 Å². The van der Waals surface area contributed by atoms with Gasteiger partial charge in [0.05, 0.1) is 11.9 Å². The molecule has 19 heavy (non-hydrogen) atoms. The van der Waals surface area contributed by atoms with Gasteiger partial charge in [0, 0.05) is 7.05 Å². The van der Waals surface area contributed by atoms with Gasteiger partial charge in [-0.05, 0) is 44.0 Å². The normalized spacial score (nSPS) is 12.9. The Morgan fingerprint density at radius 3 is 2.26 bits per heavy atom. The summed E-state index contributed by atoms with van der Waals surface area (Å²) in [5.74, 6) is -0.344. The maximum Gasteiger partial charge on any atom is 0.243 e. The fraction of sp³-hybridized carbons (Fsp3) is 0.462. The summed E-state index contributed by atoms with van der Waals surface area (Å²) in [6.07, 6.45) is 1.10. The number of hydrogen-bond acceptors (Lipinski definition) is 3. The van der Waals surface area contributed by atoms with E-state index in [1.165, 1.54) is 7.05 Å². The number of anilines is 1. The molecule has 1 aromatic rings. The summed E-state index contributed by atoms with van der Waals surface area (Å²) in [5.41, 5.74) is 2.56. The molecule has 0 unspecified atom stereocenters. The van der Waals surface area contributed by atoms with E-state index in [0.29, 0.717) is 5.69 Å². The molecule has 0 fully saturated rings. The largest absolute Gasteiger partial charge is 0.357 e. The van der Waals surface area contributed by atoms with Crippen LogP contribution in [0.25, 0.3) is 0 Å². The molecular weight excluding hydrogens is 264 g/mol. The van der Waals surface area contributed by atoms with Gasteiger partial charge in [-0.25, -0.2) is 8.42 Å². The van der Waals surface area contributed by atoms with Crippen molar-refractivity contribution in [2.45, 2.75) is 26.8 Å². The topological polar surface area (TPSA) is 66.5 Å². The van der Waals surface area contributed by atoms with Gasteiger partial charge in [-0.3, -0.25) is 9.10 Å². The first kappa shape index (κ1) is 15.5. The first-order chi connectivity index (χ1) is 8.68. The molecule has 0 aliphatic carbocycles. The Morgan fingerprint density at radius 2 is 1.84 bits per heavy atom. The van der Waals surface area contributed by atoms with E-state index in [1.54, 1.807) is 19.1 Å². The summed E-state index contributed by atoms with van der Waals surface area (Å²) >= 11 is 0. The van der Waals surface area contributed by atoms with E-state index >= 15 is 0 Å². The Kier molecular flexibility index (Phi) is 4.57. The van der Waals surface area contributed by atoms with Crippen LogP contribution in [0.1, 0.15) is 18.1 Å². The van der Waals surface area contributed by atoms with Crippen molar-refractivity contribution in [3.05, 3.63) is 29.3 Å². The average Bonchev–Trinajstić information content (AvgIpc) is 2.31. The molecule has 1 aromatic carbocycles. The summed E-state index contributed by atoms with van der Waals surface area (Å²) < 4.78 is 25.0. The van der Waals surface area contributed by atoms with E-state index in [-0.39, 0.29) is 5.91 Å². The molecule has 0 saturated carbocycles. The molecule has 0 heterocycles. The van der Waals surface area contributed by atoms with E-state index in [2.05, 4.69) is 5.32 Å². The highest BCUT2D eigenvalue weighted by atomic mass is 32.2. The quantitative estimate of drug-likeness (QED) is 0.903. The van der Waals surface area contributed by atoms with Crippen molar-refractivity contribution in [3.8, 4) is 0 Å². The summed E-state index contributed by atoms with van der Waals surface area (Å²) in [7, 11) is -2.04. The summed E-state index contributed by atoms with van der Waals surface area (Å²) in [4.78, 5) is 11.7. The van der Waals surface area contributed by atoms with Gasteiger partial charge in [-0.15, -0.1) is 0 Å². The van der Waals surface area contributed by atoms with Crippen LogP contribution in [-0.4, -0.2) is 33.7 Å².